The van der Waals surface area contributed by atoms with Crippen molar-refractivity contribution < 1.29 is 0 Å². The molecule has 78 heavy (non-hydrogen) atoms. The number of anilines is 4. The maximum atomic E-state index is 3.75. The normalized spacial score (nSPS) is 11.4. The van der Waals surface area contributed by atoms with Crippen LogP contribution in [0, 0.1) is 0 Å². The average molecular weight is 995 g/mol. The largest absolute Gasteiger partial charge is 0.355 e. The summed E-state index contributed by atoms with van der Waals surface area (Å²) in [6.45, 7) is 0. The van der Waals surface area contributed by atoms with E-state index in [1.807, 2.05) is 0 Å². The van der Waals surface area contributed by atoms with Crippen molar-refractivity contribution in [1.82, 2.24) is 0 Å². The zero-order chi connectivity index (χ0) is 51.8. The highest BCUT2D eigenvalue weighted by Crippen LogP contribution is 2.48. The number of hydrogen-bond acceptors (Lipinski definition) is 2. The van der Waals surface area contributed by atoms with Crippen LogP contribution in [0.3, 0.4) is 0 Å². The standard InChI is InChI=1S/C40H28N2.C36H26/c1-5-13-27(14-6-1)35-25-37(41-29-17-9-3-10-18-29)33-23-24-34-38(42-30-19-11-4-12-20-30)26-36(28-15-7-2-8-16-28)32-22-21-31(35)39(33)40(32)34;1-4-10-25(11-5-1)22-29-17-16-28-18-19-32-30(23-26-12-6-2-7-13-26)24-34(27-14-8-3-9-15-27)33-21-20-31(29)35(28)36(32)33/h1-26,41-42H;1-21,24H,22-23H2. The molecule has 15 rings (SSSR count). The highest BCUT2D eigenvalue weighted by molar-refractivity contribution is 6.32. The molecule has 0 atom stereocenters. The molecule has 15 aromatic carbocycles. The van der Waals surface area contributed by atoms with E-state index in [1.54, 1.807) is 0 Å². The van der Waals surface area contributed by atoms with Crippen LogP contribution in [0.4, 0.5) is 22.7 Å². The van der Waals surface area contributed by atoms with Gasteiger partial charge < -0.3 is 10.6 Å². The minimum absolute atomic E-state index is 0.922. The molecule has 0 unspecified atom stereocenters. The number of hydrogen-bond donors (Lipinski definition) is 2. The summed E-state index contributed by atoms with van der Waals surface area (Å²) >= 11 is 0. The van der Waals surface area contributed by atoms with Gasteiger partial charge in [0.2, 0.25) is 0 Å². The van der Waals surface area contributed by atoms with E-state index >= 15 is 0 Å². The Hall–Kier alpha value is -10.0. The van der Waals surface area contributed by atoms with Crippen molar-refractivity contribution in [2.24, 2.45) is 0 Å². The second-order valence-corrected chi connectivity index (χ2v) is 20.5. The van der Waals surface area contributed by atoms with E-state index in [1.165, 1.54) is 120 Å². The van der Waals surface area contributed by atoms with Crippen LogP contribution < -0.4 is 10.6 Å². The van der Waals surface area contributed by atoms with Crippen LogP contribution in [0.5, 0.6) is 0 Å². The summed E-state index contributed by atoms with van der Waals surface area (Å²) in [5, 5.41) is 23.2. The molecule has 0 heterocycles. The summed E-state index contributed by atoms with van der Waals surface area (Å²) in [5.41, 5.74) is 17.3. The van der Waals surface area contributed by atoms with Crippen LogP contribution >= 0.6 is 0 Å². The summed E-state index contributed by atoms with van der Waals surface area (Å²) in [5.74, 6) is 0. The van der Waals surface area contributed by atoms with E-state index < -0.39 is 0 Å². The minimum Gasteiger partial charge on any atom is -0.355 e. The summed E-state index contributed by atoms with van der Waals surface area (Å²) < 4.78 is 0. The summed E-state index contributed by atoms with van der Waals surface area (Å²) in [6, 6.07) is 105. The lowest BCUT2D eigenvalue weighted by Crippen LogP contribution is -1.98. The second kappa shape index (κ2) is 20.3. The first-order valence-corrected chi connectivity index (χ1v) is 27.1. The quantitative estimate of drug-likeness (QED) is 0.126. The van der Waals surface area contributed by atoms with Gasteiger partial charge in [-0.2, -0.15) is 0 Å². The van der Waals surface area contributed by atoms with E-state index in [-0.39, 0.29) is 0 Å². The van der Waals surface area contributed by atoms with Crippen molar-refractivity contribution in [2.75, 3.05) is 10.6 Å². The molecule has 15 aromatic rings. The highest BCUT2D eigenvalue weighted by Gasteiger charge is 2.21. The fourth-order valence-corrected chi connectivity index (χ4v) is 12.1. The van der Waals surface area contributed by atoms with Crippen molar-refractivity contribution in [3.05, 3.63) is 313 Å². The van der Waals surface area contributed by atoms with Crippen molar-refractivity contribution in [1.29, 1.82) is 0 Å². The number of para-hydroxylation sites is 2. The van der Waals surface area contributed by atoms with Gasteiger partial charge in [0.15, 0.2) is 0 Å². The van der Waals surface area contributed by atoms with Gasteiger partial charge >= 0.3 is 0 Å². The van der Waals surface area contributed by atoms with Gasteiger partial charge in [0.1, 0.15) is 0 Å². The summed E-state index contributed by atoms with van der Waals surface area (Å²) in [4.78, 5) is 0. The first-order valence-electron chi connectivity index (χ1n) is 27.1. The lowest BCUT2D eigenvalue weighted by Gasteiger charge is -2.22. The third-order valence-corrected chi connectivity index (χ3v) is 15.7. The molecule has 0 aliphatic heterocycles. The molecular formula is C76H54N2. The SMILES string of the molecule is c1ccc(Cc2ccc3ccc4c(Cc5ccccc5)cc(-c5ccccc5)c5ccc2c3c45)cc1.c1ccc(Nc2cc(-c3ccccc3)c3ccc4c(-c5ccccc5)cc(Nc5ccccc5)c5ccc2c3c54)cc1. The van der Waals surface area contributed by atoms with Crippen LogP contribution in [-0.2, 0) is 12.8 Å². The third kappa shape index (κ3) is 8.70. The van der Waals surface area contributed by atoms with Crippen LogP contribution in [0.15, 0.2) is 291 Å². The zero-order valence-corrected chi connectivity index (χ0v) is 43.1. The van der Waals surface area contributed by atoms with Gasteiger partial charge in [-0.3, -0.25) is 0 Å². The molecule has 2 heteroatoms. The molecule has 0 aliphatic rings. The predicted molar refractivity (Wildman–Crippen MR) is 335 cm³/mol. The molecule has 0 spiro atoms. The van der Waals surface area contributed by atoms with Crippen molar-refractivity contribution >= 4 is 87.4 Å². The molecule has 0 amide bonds. The Morgan fingerprint density at radius 3 is 1.00 bits per heavy atom. The van der Waals surface area contributed by atoms with Gasteiger partial charge in [-0.1, -0.05) is 249 Å². The lowest BCUT2D eigenvalue weighted by molar-refractivity contribution is 1.21. The van der Waals surface area contributed by atoms with Crippen molar-refractivity contribution in [3.63, 3.8) is 0 Å². The van der Waals surface area contributed by atoms with E-state index in [9.17, 15) is 0 Å². The Balaban J connectivity index is 0.000000143. The Morgan fingerprint density at radius 2 is 0.551 bits per heavy atom. The smallest absolute Gasteiger partial charge is 0.0470 e. The van der Waals surface area contributed by atoms with Crippen LogP contribution in [0.2, 0.25) is 0 Å². The zero-order valence-electron chi connectivity index (χ0n) is 43.1. The monoisotopic (exact) mass is 994 g/mol. The molecule has 368 valence electrons. The average Bonchev–Trinajstić information content (AvgIpc) is 3.70. The fraction of sp³-hybridized carbons (Fsp3) is 0.0263. The molecule has 2 nitrogen and oxygen atoms in total. The maximum absolute atomic E-state index is 3.75. The molecule has 0 aliphatic carbocycles. The molecule has 0 saturated carbocycles. The van der Waals surface area contributed by atoms with E-state index in [4.69, 9.17) is 0 Å². The highest BCUT2D eigenvalue weighted by atomic mass is 14.9. The number of nitrogens with one attached hydrogen (secondary N) is 2. The van der Waals surface area contributed by atoms with Gasteiger partial charge in [0, 0.05) is 44.3 Å². The van der Waals surface area contributed by atoms with Gasteiger partial charge in [0.25, 0.3) is 0 Å². The van der Waals surface area contributed by atoms with E-state index in [0.717, 1.165) is 35.6 Å². The van der Waals surface area contributed by atoms with Crippen LogP contribution in [0.25, 0.3) is 98.0 Å². The molecule has 0 fully saturated rings. The molecule has 0 saturated heterocycles. The fourth-order valence-electron chi connectivity index (χ4n) is 12.1. The van der Waals surface area contributed by atoms with Crippen molar-refractivity contribution in [3.8, 4) is 33.4 Å². The number of rotatable bonds is 11. The topological polar surface area (TPSA) is 24.1 Å². The second-order valence-electron chi connectivity index (χ2n) is 20.5. The summed E-state index contributed by atoms with van der Waals surface area (Å²) in [6.07, 6.45) is 1.86. The molecule has 0 radical (unpaired) electrons. The molecular weight excluding hydrogens is 941 g/mol. The predicted octanol–water partition coefficient (Wildman–Crippen LogP) is 20.8. The number of benzene rings is 15. The first kappa shape index (κ1) is 46.5. The van der Waals surface area contributed by atoms with E-state index in [0.29, 0.717) is 0 Å². The third-order valence-electron chi connectivity index (χ3n) is 15.7. The Labute approximate surface area is 455 Å². The first-order chi connectivity index (χ1) is 38.7. The van der Waals surface area contributed by atoms with Gasteiger partial charge in [-0.15, -0.1) is 0 Å². The minimum atomic E-state index is 0.922. The van der Waals surface area contributed by atoms with Crippen LogP contribution in [0.1, 0.15) is 22.3 Å². The Kier molecular flexibility index (Phi) is 12.1. The Morgan fingerprint density at radius 1 is 0.231 bits per heavy atom. The van der Waals surface area contributed by atoms with Crippen LogP contribution in [-0.4, -0.2) is 0 Å². The Bertz CT molecular complexity index is 4390. The lowest BCUT2D eigenvalue weighted by atomic mass is 9.84. The van der Waals surface area contributed by atoms with Crippen molar-refractivity contribution in [2.45, 2.75) is 12.8 Å². The van der Waals surface area contributed by atoms with E-state index in [2.05, 4.69) is 302 Å². The van der Waals surface area contributed by atoms with Gasteiger partial charge in [-0.25, -0.2) is 0 Å². The van der Waals surface area contributed by atoms with Gasteiger partial charge in [-0.05, 0) is 154 Å². The summed E-state index contributed by atoms with van der Waals surface area (Å²) in [7, 11) is 0. The molecule has 0 aromatic heterocycles. The molecule has 0 bridgehead atoms. The maximum Gasteiger partial charge on any atom is 0.0470 e. The molecule has 2 N–H and O–H groups in total. The van der Waals surface area contributed by atoms with Gasteiger partial charge in [0.05, 0.1) is 0 Å².